The van der Waals surface area contributed by atoms with Gasteiger partial charge < -0.3 is 0 Å². The predicted molar refractivity (Wildman–Crippen MR) is 85.2 cm³/mol. The summed E-state index contributed by atoms with van der Waals surface area (Å²) in [6, 6.07) is 11.9. The van der Waals surface area contributed by atoms with Crippen LogP contribution in [0.2, 0.25) is 5.15 Å². The van der Waals surface area contributed by atoms with Crippen LogP contribution in [0, 0.1) is 13.8 Å². The molecule has 1 aromatic carbocycles. The lowest BCUT2D eigenvalue weighted by Gasteiger charge is -2.10. The van der Waals surface area contributed by atoms with E-state index in [1.165, 1.54) is 0 Å². The molecule has 0 fully saturated rings. The molecule has 0 radical (unpaired) electrons. The molecule has 104 valence electrons. The molecule has 0 saturated heterocycles. The van der Waals surface area contributed by atoms with Gasteiger partial charge in [-0.1, -0.05) is 41.9 Å². The molecule has 2 heterocycles. The van der Waals surface area contributed by atoms with E-state index in [1.54, 1.807) is 12.4 Å². The Kier molecular flexibility index (Phi) is 3.67. The van der Waals surface area contributed by atoms with Gasteiger partial charge in [0.25, 0.3) is 0 Å². The van der Waals surface area contributed by atoms with E-state index in [1.807, 2.05) is 50.2 Å². The van der Waals surface area contributed by atoms with Crippen molar-refractivity contribution in [2.75, 3.05) is 0 Å². The number of hydrogen-bond donors (Lipinski definition) is 0. The summed E-state index contributed by atoms with van der Waals surface area (Å²) in [6.45, 7) is 3.95. The van der Waals surface area contributed by atoms with Gasteiger partial charge in [-0.05, 0) is 25.5 Å². The fraction of sp³-hybridized carbons (Fsp3) is 0.118. The lowest BCUT2D eigenvalue weighted by Crippen LogP contribution is -1.98. The molecule has 0 saturated carbocycles. The molecule has 0 bridgehead atoms. The molecule has 3 nitrogen and oxygen atoms in total. The first-order chi connectivity index (χ1) is 10.2. The minimum absolute atomic E-state index is 0.474. The third-order valence-electron chi connectivity index (χ3n) is 3.41. The third-order valence-corrected chi connectivity index (χ3v) is 3.78. The van der Waals surface area contributed by atoms with Crippen molar-refractivity contribution in [3.63, 3.8) is 0 Å². The first-order valence-electron chi connectivity index (χ1n) is 6.67. The minimum atomic E-state index is 0.474. The summed E-state index contributed by atoms with van der Waals surface area (Å²) in [5.41, 5.74) is 4.74. The second-order valence-corrected chi connectivity index (χ2v) is 5.23. The molecule has 0 unspecified atom stereocenters. The van der Waals surface area contributed by atoms with Crippen LogP contribution in [0.5, 0.6) is 0 Å². The average Bonchev–Trinajstić information content (AvgIpc) is 2.51. The molecule has 0 atom stereocenters. The van der Waals surface area contributed by atoms with Crippen molar-refractivity contribution in [3.8, 4) is 22.6 Å². The highest BCUT2D eigenvalue weighted by atomic mass is 35.5. The summed E-state index contributed by atoms with van der Waals surface area (Å²) in [5.74, 6) is 0.607. The summed E-state index contributed by atoms with van der Waals surface area (Å²) in [5, 5.41) is 0.474. The second kappa shape index (κ2) is 5.62. The highest BCUT2D eigenvalue weighted by Crippen LogP contribution is 2.29. The van der Waals surface area contributed by atoms with Crippen LogP contribution in [0.15, 0.2) is 48.8 Å². The quantitative estimate of drug-likeness (QED) is 0.654. The molecule has 0 N–H and O–H groups in total. The Morgan fingerprint density at radius 2 is 1.71 bits per heavy atom. The van der Waals surface area contributed by atoms with Gasteiger partial charge in [-0.3, -0.25) is 4.98 Å². The number of rotatable bonds is 2. The maximum Gasteiger partial charge on any atom is 0.163 e. The predicted octanol–water partition coefficient (Wildman–Crippen LogP) is 4.48. The molecule has 0 aliphatic heterocycles. The Morgan fingerprint density at radius 3 is 2.43 bits per heavy atom. The molecule has 0 amide bonds. The lowest BCUT2D eigenvalue weighted by molar-refractivity contribution is 1.13. The zero-order valence-electron chi connectivity index (χ0n) is 11.8. The molecule has 0 aliphatic rings. The summed E-state index contributed by atoms with van der Waals surface area (Å²) in [7, 11) is 0. The lowest BCUT2D eigenvalue weighted by atomic mass is 10.1. The summed E-state index contributed by atoms with van der Waals surface area (Å²) in [6.07, 6.45) is 3.53. The minimum Gasteiger partial charge on any atom is -0.264 e. The van der Waals surface area contributed by atoms with Gasteiger partial charge in [-0.25, -0.2) is 9.97 Å². The van der Waals surface area contributed by atoms with Crippen LogP contribution in [0.1, 0.15) is 11.1 Å². The van der Waals surface area contributed by atoms with Crippen LogP contribution in [0.25, 0.3) is 22.6 Å². The van der Waals surface area contributed by atoms with Crippen LogP contribution >= 0.6 is 11.6 Å². The fourth-order valence-electron chi connectivity index (χ4n) is 2.18. The molecular weight excluding hydrogens is 282 g/mol. The van der Waals surface area contributed by atoms with Crippen LogP contribution < -0.4 is 0 Å². The van der Waals surface area contributed by atoms with Crippen molar-refractivity contribution < 1.29 is 0 Å². The third kappa shape index (κ3) is 2.65. The zero-order chi connectivity index (χ0) is 14.8. The molecule has 0 aliphatic carbocycles. The van der Waals surface area contributed by atoms with Gasteiger partial charge in [0.2, 0.25) is 0 Å². The standard InChI is InChI=1S/C17H14ClN3/c1-11-8-9-19-10-14(11)17-20-15(12(2)16(18)21-17)13-6-4-3-5-7-13/h3-10H,1-2H3. The topological polar surface area (TPSA) is 38.7 Å². The molecule has 3 rings (SSSR count). The van der Waals surface area contributed by atoms with E-state index in [-0.39, 0.29) is 0 Å². The molecule has 21 heavy (non-hydrogen) atoms. The Balaban J connectivity index is 2.22. The van der Waals surface area contributed by atoms with Gasteiger partial charge in [0.05, 0.1) is 5.69 Å². The van der Waals surface area contributed by atoms with E-state index >= 15 is 0 Å². The van der Waals surface area contributed by atoms with Gasteiger partial charge in [0.15, 0.2) is 5.82 Å². The summed E-state index contributed by atoms with van der Waals surface area (Å²) in [4.78, 5) is 13.3. The molecular formula is C17H14ClN3. The number of hydrogen-bond acceptors (Lipinski definition) is 3. The fourth-order valence-corrected chi connectivity index (χ4v) is 2.35. The largest absolute Gasteiger partial charge is 0.264 e. The van der Waals surface area contributed by atoms with Crippen LogP contribution in [0.4, 0.5) is 0 Å². The molecule has 0 spiro atoms. The summed E-state index contributed by atoms with van der Waals surface area (Å²) >= 11 is 6.30. The smallest absolute Gasteiger partial charge is 0.163 e. The van der Waals surface area contributed by atoms with Crippen molar-refractivity contribution in [1.82, 2.24) is 15.0 Å². The maximum absolute atomic E-state index is 6.30. The number of benzene rings is 1. The van der Waals surface area contributed by atoms with E-state index in [2.05, 4.69) is 9.97 Å². The van der Waals surface area contributed by atoms with Gasteiger partial charge in [-0.15, -0.1) is 0 Å². The zero-order valence-corrected chi connectivity index (χ0v) is 12.6. The number of pyridine rings is 1. The highest BCUT2D eigenvalue weighted by molar-refractivity contribution is 6.30. The average molecular weight is 296 g/mol. The van der Waals surface area contributed by atoms with Gasteiger partial charge in [0.1, 0.15) is 5.15 Å². The van der Waals surface area contributed by atoms with Crippen molar-refractivity contribution in [3.05, 3.63) is 65.1 Å². The SMILES string of the molecule is Cc1ccncc1-c1nc(Cl)c(C)c(-c2ccccc2)n1. The van der Waals surface area contributed by atoms with E-state index in [0.29, 0.717) is 11.0 Å². The van der Waals surface area contributed by atoms with E-state index in [4.69, 9.17) is 16.6 Å². The molecule has 3 aromatic rings. The first kappa shape index (κ1) is 13.7. The Bertz CT molecular complexity index is 785. The van der Waals surface area contributed by atoms with Crippen molar-refractivity contribution >= 4 is 11.6 Å². The van der Waals surface area contributed by atoms with Gasteiger partial charge in [0, 0.05) is 29.1 Å². The Morgan fingerprint density at radius 1 is 0.952 bits per heavy atom. The second-order valence-electron chi connectivity index (χ2n) is 4.87. The maximum atomic E-state index is 6.30. The Hall–Kier alpha value is -2.26. The van der Waals surface area contributed by atoms with Crippen LogP contribution in [-0.4, -0.2) is 15.0 Å². The number of aromatic nitrogens is 3. The monoisotopic (exact) mass is 295 g/mol. The Labute approximate surface area is 128 Å². The van der Waals surface area contributed by atoms with E-state index < -0.39 is 0 Å². The van der Waals surface area contributed by atoms with Gasteiger partial charge in [-0.2, -0.15) is 0 Å². The van der Waals surface area contributed by atoms with Gasteiger partial charge >= 0.3 is 0 Å². The molecule has 4 heteroatoms. The van der Waals surface area contributed by atoms with Crippen molar-refractivity contribution in [2.45, 2.75) is 13.8 Å². The van der Waals surface area contributed by atoms with E-state index in [0.717, 1.165) is 27.9 Å². The number of aryl methyl sites for hydroxylation is 1. The van der Waals surface area contributed by atoms with Crippen molar-refractivity contribution in [1.29, 1.82) is 0 Å². The highest BCUT2D eigenvalue weighted by Gasteiger charge is 2.13. The first-order valence-corrected chi connectivity index (χ1v) is 7.05. The van der Waals surface area contributed by atoms with Crippen LogP contribution in [-0.2, 0) is 0 Å². The molecule has 2 aromatic heterocycles. The summed E-state index contributed by atoms with van der Waals surface area (Å²) < 4.78 is 0. The van der Waals surface area contributed by atoms with E-state index in [9.17, 15) is 0 Å². The number of nitrogens with zero attached hydrogens (tertiary/aromatic N) is 3. The van der Waals surface area contributed by atoms with Crippen LogP contribution in [0.3, 0.4) is 0 Å². The van der Waals surface area contributed by atoms with Crippen molar-refractivity contribution in [2.24, 2.45) is 0 Å². The normalized spacial score (nSPS) is 10.6. The number of halogens is 1.